The fraction of sp³-hybridized carbons (Fsp3) is 0.238. The van der Waals surface area contributed by atoms with Gasteiger partial charge in [0.05, 0.1) is 10.6 Å². The number of carbonyl (C=O) groups excluding carboxylic acids is 1. The van der Waals surface area contributed by atoms with E-state index in [4.69, 9.17) is 30.2 Å². The zero-order valence-corrected chi connectivity index (χ0v) is 15.5. The molecule has 2 aromatic carbocycles. The Morgan fingerprint density at radius 1 is 1.07 bits per heavy atom. The van der Waals surface area contributed by atoms with Crippen LogP contribution in [0, 0.1) is 0 Å². The van der Waals surface area contributed by atoms with Gasteiger partial charge in [0.1, 0.15) is 12.2 Å². The Bertz CT molecular complexity index is 1180. The molecule has 0 amide bonds. The van der Waals surface area contributed by atoms with Crippen LogP contribution in [-0.2, 0) is 24.2 Å². The first-order chi connectivity index (χ1) is 13.6. The molecular weight excluding hydrogens is 384 g/mol. The lowest BCUT2D eigenvalue weighted by atomic mass is 10.0. The molecule has 3 aromatic rings. The second kappa shape index (κ2) is 6.56. The lowest BCUT2D eigenvalue weighted by Gasteiger charge is -2.10. The van der Waals surface area contributed by atoms with Crippen LogP contribution in [0.15, 0.2) is 39.5 Å². The summed E-state index contributed by atoms with van der Waals surface area (Å²) in [6.07, 6.45) is 3.07. The Labute approximate surface area is 164 Å². The number of benzene rings is 2. The normalized spacial score (nSPS) is 14.3. The predicted molar refractivity (Wildman–Crippen MR) is 101 cm³/mol. The Balaban J connectivity index is 1.44. The Morgan fingerprint density at radius 2 is 1.89 bits per heavy atom. The maximum absolute atomic E-state index is 12.5. The maximum Gasteiger partial charge on any atom is 0.338 e. The molecule has 142 valence electrons. The largest absolute Gasteiger partial charge is 0.457 e. The van der Waals surface area contributed by atoms with Crippen LogP contribution in [0.2, 0.25) is 5.02 Å². The first-order valence-corrected chi connectivity index (χ1v) is 9.31. The number of ether oxygens (including phenoxy) is 3. The molecule has 0 unspecified atom stereocenters. The third-order valence-electron chi connectivity index (χ3n) is 5.06. The lowest BCUT2D eigenvalue weighted by molar-refractivity contribution is 0.0473. The highest BCUT2D eigenvalue weighted by Gasteiger charge is 2.22. The number of hydrogen-bond acceptors (Lipinski definition) is 6. The molecule has 0 radical (unpaired) electrons. The third kappa shape index (κ3) is 2.90. The van der Waals surface area contributed by atoms with Gasteiger partial charge in [-0.25, -0.2) is 9.59 Å². The summed E-state index contributed by atoms with van der Waals surface area (Å²) in [5.74, 6) is 0.252. The van der Waals surface area contributed by atoms with Crippen molar-refractivity contribution in [2.45, 2.75) is 25.9 Å². The van der Waals surface area contributed by atoms with Crippen LogP contribution in [0.5, 0.6) is 11.5 Å². The molecule has 0 fully saturated rings. The summed E-state index contributed by atoms with van der Waals surface area (Å²) in [5, 5.41) is 1.07. The van der Waals surface area contributed by atoms with Crippen LogP contribution in [0.4, 0.5) is 0 Å². The number of fused-ring (bicyclic) bond motifs is 3. The average molecular weight is 399 g/mol. The minimum absolute atomic E-state index is 0.0498. The molecule has 0 N–H and O–H groups in total. The van der Waals surface area contributed by atoms with Crippen molar-refractivity contribution in [2.24, 2.45) is 0 Å². The van der Waals surface area contributed by atoms with Gasteiger partial charge in [-0.05, 0) is 54.7 Å². The molecule has 0 bridgehead atoms. The summed E-state index contributed by atoms with van der Waals surface area (Å²) in [6, 6.07) is 8.31. The molecule has 0 saturated carbocycles. The second-order valence-electron chi connectivity index (χ2n) is 6.83. The van der Waals surface area contributed by atoms with Crippen LogP contribution in [-0.4, -0.2) is 12.8 Å². The molecule has 1 aliphatic heterocycles. The highest BCUT2D eigenvalue weighted by molar-refractivity contribution is 6.32. The summed E-state index contributed by atoms with van der Waals surface area (Å²) < 4.78 is 21.3. The van der Waals surface area contributed by atoms with Crippen molar-refractivity contribution >= 4 is 28.5 Å². The smallest absolute Gasteiger partial charge is 0.338 e. The van der Waals surface area contributed by atoms with Crippen LogP contribution in [0.25, 0.3) is 11.0 Å². The van der Waals surface area contributed by atoms with Crippen molar-refractivity contribution in [2.75, 3.05) is 6.79 Å². The summed E-state index contributed by atoms with van der Waals surface area (Å²) in [7, 11) is 0. The minimum Gasteiger partial charge on any atom is -0.457 e. The van der Waals surface area contributed by atoms with Crippen LogP contribution in [0.3, 0.4) is 0 Å². The van der Waals surface area contributed by atoms with E-state index in [1.165, 1.54) is 29.3 Å². The number of carbonyl (C=O) groups is 1. The summed E-state index contributed by atoms with van der Waals surface area (Å²) in [6.45, 7) is 0.00936. The summed E-state index contributed by atoms with van der Waals surface area (Å²) in [5.41, 5.74) is 3.37. The van der Waals surface area contributed by atoms with Crippen LogP contribution < -0.4 is 15.1 Å². The molecule has 0 saturated heterocycles. The topological polar surface area (TPSA) is 75.0 Å². The predicted octanol–water partition coefficient (Wildman–Crippen LogP) is 4.02. The number of rotatable bonds is 3. The molecule has 7 heteroatoms. The van der Waals surface area contributed by atoms with Crippen molar-refractivity contribution in [1.82, 2.24) is 0 Å². The van der Waals surface area contributed by atoms with E-state index in [0.29, 0.717) is 22.6 Å². The number of aryl methyl sites for hydroxylation is 2. The van der Waals surface area contributed by atoms with E-state index in [0.717, 1.165) is 24.6 Å². The van der Waals surface area contributed by atoms with Crippen molar-refractivity contribution in [1.29, 1.82) is 0 Å². The molecule has 2 aliphatic rings. The average Bonchev–Trinajstić information content (AvgIpc) is 3.32. The van der Waals surface area contributed by atoms with E-state index in [-0.39, 0.29) is 24.0 Å². The van der Waals surface area contributed by atoms with E-state index in [1.54, 1.807) is 0 Å². The zero-order chi connectivity index (χ0) is 19.3. The molecule has 0 spiro atoms. The SMILES string of the molecule is O=C(OCc1cc(=O)oc2cc3c(cc12)CCC3)c1cc(Cl)c2c(c1)OCO2. The third-order valence-corrected chi connectivity index (χ3v) is 5.35. The van der Waals surface area contributed by atoms with Crippen molar-refractivity contribution in [3.63, 3.8) is 0 Å². The molecule has 1 aliphatic carbocycles. The number of esters is 1. The van der Waals surface area contributed by atoms with E-state index in [2.05, 4.69) is 0 Å². The Morgan fingerprint density at radius 3 is 2.75 bits per heavy atom. The van der Waals surface area contributed by atoms with Crippen LogP contribution in [0.1, 0.15) is 33.5 Å². The Kier molecular flexibility index (Phi) is 4.02. The Hall–Kier alpha value is -2.99. The van der Waals surface area contributed by atoms with Crippen molar-refractivity contribution in [3.05, 3.63) is 68.0 Å². The fourth-order valence-corrected chi connectivity index (χ4v) is 3.99. The molecule has 28 heavy (non-hydrogen) atoms. The number of hydrogen-bond donors (Lipinski definition) is 0. The maximum atomic E-state index is 12.5. The van der Waals surface area contributed by atoms with Gasteiger partial charge < -0.3 is 18.6 Å². The van der Waals surface area contributed by atoms with Crippen LogP contribution >= 0.6 is 11.6 Å². The monoisotopic (exact) mass is 398 g/mol. The van der Waals surface area contributed by atoms with Gasteiger partial charge in [0.25, 0.3) is 0 Å². The zero-order valence-electron chi connectivity index (χ0n) is 14.7. The second-order valence-corrected chi connectivity index (χ2v) is 7.24. The van der Waals surface area contributed by atoms with Gasteiger partial charge in [-0.15, -0.1) is 0 Å². The quantitative estimate of drug-likeness (QED) is 0.490. The molecule has 0 atom stereocenters. The van der Waals surface area contributed by atoms with Gasteiger partial charge in [-0.2, -0.15) is 0 Å². The van der Waals surface area contributed by atoms with Gasteiger partial charge >= 0.3 is 11.6 Å². The van der Waals surface area contributed by atoms with Gasteiger partial charge in [0.2, 0.25) is 6.79 Å². The van der Waals surface area contributed by atoms with E-state index >= 15 is 0 Å². The molecular formula is C21H15ClO6. The molecule has 1 aromatic heterocycles. The van der Waals surface area contributed by atoms with Gasteiger partial charge in [-0.1, -0.05) is 11.6 Å². The highest BCUT2D eigenvalue weighted by Crippen LogP contribution is 2.40. The summed E-state index contributed by atoms with van der Waals surface area (Å²) >= 11 is 6.12. The van der Waals surface area contributed by atoms with Gasteiger partial charge in [-0.3, -0.25) is 0 Å². The first kappa shape index (κ1) is 17.1. The number of halogens is 1. The highest BCUT2D eigenvalue weighted by atomic mass is 35.5. The van der Waals surface area contributed by atoms with Gasteiger partial charge in [0.15, 0.2) is 11.5 Å². The molecule has 2 heterocycles. The van der Waals surface area contributed by atoms with Crippen molar-refractivity contribution in [3.8, 4) is 11.5 Å². The minimum atomic E-state index is -0.567. The van der Waals surface area contributed by atoms with E-state index < -0.39 is 11.6 Å². The van der Waals surface area contributed by atoms with Crippen molar-refractivity contribution < 1.29 is 23.4 Å². The first-order valence-electron chi connectivity index (χ1n) is 8.93. The fourth-order valence-electron chi connectivity index (χ4n) is 3.73. The summed E-state index contributed by atoms with van der Waals surface area (Å²) in [4.78, 5) is 24.4. The van der Waals surface area contributed by atoms with E-state index in [9.17, 15) is 9.59 Å². The standard InChI is InChI=1S/C21H15ClO6/c22-16-5-13(7-18-20(16)27-10-26-18)21(24)25-9-14-8-19(23)28-17-6-12-3-1-2-11(12)4-15(14)17/h4-8H,1-3,9-10H2. The van der Waals surface area contributed by atoms with Gasteiger partial charge in [0, 0.05) is 17.0 Å². The lowest BCUT2D eigenvalue weighted by Crippen LogP contribution is -2.08. The molecule has 6 nitrogen and oxygen atoms in total. The van der Waals surface area contributed by atoms with E-state index in [1.807, 2.05) is 12.1 Å². The molecule has 5 rings (SSSR count).